The molecule has 47 heavy (non-hydrogen) atoms. The second kappa shape index (κ2) is 15.9. The number of ketones is 1. The van der Waals surface area contributed by atoms with E-state index in [4.69, 9.17) is 9.72 Å². The number of rotatable bonds is 9. The molecule has 0 bridgehead atoms. The van der Waals surface area contributed by atoms with Crippen molar-refractivity contribution in [2.75, 3.05) is 0 Å². The maximum absolute atomic E-state index is 11.7. The molecule has 4 nitrogen and oxygen atoms in total. The summed E-state index contributed by atoms with van der Waals surface area (Å²) in [4.78, 5) is 16.6. The van der Waals surface area contributed by atoms with Gasteiger partial charge in [0.05, 0.1) is 11.5 Å². The van der Waals surface area contributed by atoms with Crippen molar-refractivity contribution in [2.45, 2.75) is 112 Å². The molecule has 253 valence electrons. The normalized spacial score (nSPS) is 14.5. The van der Waals surface area contributed by atoms with Gasteiger partial charge in [0.2, 0.25) is 0 Å². The first-order valence-corrected chi connectivity index (χ1v) is 17.6. The predicted octanol–water partition coefficient (Wildman–Crippen LogP) is 12.1. The number of allylic oxidation sites excluding steroid dienone is 2. The number of pyridine rings is 1. The van der Waals surface area contributed by atoms with Gasteiger partial charge in [-0.05, 0) is 79.4 Å². The van der Waals surface area contributed by atoms with E-state index in [0.29, 0.717) is 5.92 Å². The third-order valence-electron chi connectivity index (χ3n) is 9.93. The largest absolute Gasteiger partial charge is 0.512 e. The Hall–Kier alpha value is -3.01. The van der Waals surface area contributed by atoms with Gasteiger partial charge in [-0.2, -0.15) is 0 Å². The monoisotopic (exact) mass is 811 g/mol. The first-order valence-electron chi connectivity index (χ1n) is 17.6. The van der Waals surface area contributed by atoms with E-state index in [1.54, 1.807) is 0 Å². The zero-order chi connectivity index (χ0) is 33.0. The van der Waals surface area contributed by atoms with Crippen molar-refractivity contribution < 1.29 is 34.7 Å². The van der Waals surface area contributed by atoms with Crippen LogP contribution in [0.5, 0.6) is 11.5 Å². The number of carbonyl (C=O) groups excluding carboxylic acids is 1. The van der Waals surface area contributed by atoms with E-state index >= 15 is 0 Å². The smallest absolute Gasteiger partial charge is 0.162 e. The molecule has 1 aliphatic carbocycles. The summed E-state index contributed by atoms with van der Waals surface area (Å²) in [7, 11) is 0. The second-order valence-electron chi connectivity index (χ2n) is 14.4. The molecule has 1 aromatic heterocycles. The van der Waals surface area contributed by atoms with Gasteiger partial charge in [0, 0.05) is 55.3 Å². The van der Waals surface area contributed by atoms with Gasteiger partial charge < -0.3 is 9.84 Å². The van der Waals surface area contributed by atoms with Crippen LogP contribution < -0.4 is 4.74 Å². The maximum Gasteiger partial charge on any atom is 0.162 e. The summed E-state index contributed by atoms with van der Waals surface area (Å²) in [5.74, 6) is 3.11. The van der Waals surface area contributed by atoms with Crippen LogP contribution in [0.15, 0.2) is 60.5 Å². The van der Waals surface area contributed by atoms with Gasteiger partial charge in [-0.15, -0.1) is 17.5 Å². The van der Waals surface area contributed by atoms with Crippen LogP contribution in [0.4, 0.5) is 0 Å². The molecule has 2 aliphatic rings. The maximum atomic E-state index is 11.7. The topological polar surface area (TPSA) is 59.4 Å². The summed E-state index contributed by atoms with van der Waals surface area (Å²) >= 11 is 0. The van der Waals surface area contributed by atoms with E-state index in [1.165, 1.54) is 53.7 Å². The Morgan fingerprint density at radius 1 is 1.00 bits per heavy atom. The second-order valence-corrected chi connectivity index (χ2v) is 14.4. The fourth-order valence-electron chi connectivity index (χ4n) is 7.26. The number of ether oxygens (including phenoxy) is 1. The molecule has 0 atom stereocenters. The molecule has 4 aromatic rings. The number of nitrogens with zero attached hydrogens (tertiary/aromatic N) is 1. The first-order chi connectivity index (χ1) is 22.1. The number of hydrogen-bond donors (Lipinski definition) is 1. The third-order valence-corrected chi connectivity index (χ3v) is 9.93. The average Bonchev–Trinajstić information content (AvgIpc) is 3.58. The third kappa shape index (κ3) is 8.18. The number of carbonyl (C=O) groups is 1. The summed E-state index contributed by atoms with van der Waals surface area (Å²) in [5, 5.41) is 14.5. The number of hydrogen-bond acceptors (Lipinski definition) is 4. The number of aliphatic hydroxyl groups is 1. The van der Waals surface area contributed by atoms with Crippen LogP contribution in [-0.2, 0) is 31.3 Å². The standard InChI is InChI=1S/C29H28NO.C13H24O2.Ir/c1-29(2,3)17-24-22-11-7-6-10-19(22)15-23-27-26-20(12-13-30-27)14-21(18-8-4-5-9-18)16-25(26)31-28(23)24;1-5-10(6-2)12(14)9-13(15)11(7-3)8-4;/h6-7,10-14,16,18H,4-5,8-9,17H2,1-3H3;9-11,14H,5-8H2,1-4H3;/q-1;;/b;12-9-;. The fraction of sp³-hybridized carbons (Fsp3) is 0.476. The van der Waals surface area contributed by atoms with Gasteiger partial charge in [-0.3, -0.25) is 9.78 Å². The van der Waals surface area contributed by atoms with E-state index in [2.05, 4.69) is 69.3 Å². The Bertz CT molecular complexity index is 1720. The van der Waals surface area contributed by atoms with Gasteiger partial charge in [0.1, 0.15) is 5.75 Å². The van der Waals surface area contributed by atoms with E-state index in [-0.39, 0.29) is 48.9 Å². The molecule has 5 heteroatoms. The molecule has 0 spiro atoms. The van der Waals surface area contributed by atoms with Gasteiger partial charge in [0.25, 0.3) is 0 Å². The van der Waals surface area contributed by atoms with Crippen molar-refractivity contribution in [3.63, 3.8) is 0 Å². The van der Waals surface area contributed by atoms with Gasteiger partial charge in [0.15, 0.2) is 5.78 Å². The zero-order valence-corrected chi connectivity index (χ0v) is 31.7. The molecule has 1 radical (unpaired) electrons. The van der Waals surface area contributed by atoms with E-state index < -0.39 is 0 Å². The Morgan fingerprint density at radius 2 is 1.66 bits per heavy atom. The van der Waals surface area contributed by atoms with Crippen LogP contribution >= 0.6 is 0 Å². The van der Waals surface area contributed by atoms with Crippen molar-refractivity contribution in [1.29, 1.82) is 0 Å². The summed E-state index contributed by atoms with van der Waals surface area (Å²) in [5.41, 5.74) is 4.85. The quantitative estimate of drug-likeness (QED) is 0.0915. The molecule has 3 aromatic carbocycles. The number of aromatic nitrogens is 1. The molecule has 1 aliphatic heterocycles. The first kappa shape index (κ1) is 36.8. The molecule has 0 saturated heterocycles. The zero-order valence-electron chi connectivity index (χ0n) is 29.3. The molecule has 6 rings (SSSR count). The van der Waals surface area contributed by atoms with Crippen LogP contribution in [0.3, 0.4) is 0 Å². The molecule has 0 unspecified atom stereocenters. The van der Waals surface area contributed by atoms with Crippen LogP contribution in [0.1, 0.15) is 117 Å². The van der Waals surface area contributed by atoms with Crippen LogP contribution in [-0.4, -0.2) is 15.9 Å². The van der Waals surface area contributed by atoms with E-state index in [0.717, 1.165) is 65.6 Å². The van der Waals surface area contributed by atoms with Gasteiger partial charge >= 0.3 is 0 Å². The molecule has 1 saturated carbocycles. The Balaban J connectivity index is 0.000000269. The minimum Gasteiger partial charge on any atom is -0.512 e. The van der Waals surface area contributed by atoms with Crippen molar-refractivity contribution in [1.82, 2.24) is 4.98 Å². The molecule has 1 fully saturated rings. The SMILES string of the molecule is CC(C)(C)Cc1c2c([c-]c3ccccc13)-c1nccc3cc(C4CCCC4)cc(c13)O2.CCC(CC)C(=O)/C=C(\O)C(CC)CC.[Ir]. The van der Waals surface area contributed by atoms with Gasteiger partial charge in [-0.25, -0.2) is 0 Å². The van der Waals surface area contributed by atoms with Crippen LogP contribution in [0, 0.1) is 23.3 Å². The molecular formula is C42H52IrNO3-. The Kier molecular flexibility index (Phi) is 12.5. The molecule has 0 amide bonds. The number of fused-ring (bicyclic) bond motifs is 3. The summed E-state index contributed by atoms with van der Waals surface area (Å²) < 4.78 is 6.76. The Labute approximate surface area is 295 Å². The van der Waals surface area contributed by atoms with Crippen LogP contribution in [0.2, 0.25) is 0 Å². The molecule has 2 heterocycles. The molecule has 1 N–H and O–H groups in total. The van der Waals surface area contributed by atoms with Crippen molar-refractivity contribution in [2.24, 2.45) is 17.3 Å². The minimum atomic E-state index is 0. The predicted molar refractivity (Wildman–Crippen MR) is 192 cm³/mol. The van der Waals surface area contributed by atoms with Gasteiger partial charge in [-0.1, -0.05) is 102 Å². The summed E-state index contributed by atoms with van der Waals surface area (Å²) in [6.45, 7) is 14.9. The summed E-state index contributed by atoms with van der Waals surface area (Å²) in [6.07, 6.45) is 13.0. The number of benzene rings is 3. The van der Waals surface area contributed by atoms with Crippen LogP contribution in [0.25, 0.3) is 32.8 Å². The minimum absolute atomic E-state index is 0. The average molecular weight is 811 g/mol. The fourth-order valence-corrected chi connectivity index (χ4v) is 7.26. The Morgan fingerprint density at radius 3 is 2.30 bits per heavy atom. The van der Waals surface area contributed by atoms with Crippen molar-refractivity contribution >= 4 is 27.3 Å². The van der Waals surface area contributed by atoms with Crippen molar-refractivity contribution in [3.05, 3.63) is 77.7 Å². The number of aliphatic hydroxyl groups excluding tert-OH is 1. The molecular weight excluding hydrogens is 759 g/mol. The summed E-state index contributed by atoms with van der Waals surface area (Å²) in [6, 6.07) is 19.0. The van der Waals surface area contributed by atoms with Crippen molar-refractivity contribution in [3.8, 4) is 22.8 Å². The van der Waals surface area contributed by atoms with E-state index in [9.17, 15) is 9.90 Å². The van der Waals surface area contributed by atoms with E-state index in [1.807, 2.05) is 33.9 Å².